The Balaban J connectivity index is 1.99. The summed E-state index contributed by atoms with van der Waals surface area (Å²) in [6.45, 7) is 3.82. The van der Waals surface area contributed by atoms with Crippen LogP contribution in [0, 0.1) is 5.92 Å². The fourth-order valence-electron chi connectivity index (χ4n) is 2.18. The largest absolute Gasteiger partial charge is 0.341 e. The highest BCUT2D eigenvalue weighted by molar-refractivity contribution is 9.09. The van der Waals surface area contributed by atoms with E-state index in [4.69, 9.17) is 23.2 Å². The first kappa shape index (κ1) is 15.1. The molecule has 1 aromatic rings. The molecule has 104 valence electrons. The number of piperidine rings is 1. The molecule has 2 rings (SSSR count). The van der Waals surface area contributed by atoms with Crippen LogP contribution in [0.3, 0.4) is 0 Å². The van der Waals surface area contributed by atoms with Gasteiger partial charge in [-0.25, -0.2) is 0 Å². The van der Waals surface area contributed by atoms with Crippen LogP contribution in [-0.4, -0.2) is 28.7 Å². The van der Waals surface area contributed by atoms with Gasteiger partial charge in [-0.3, -0.25) is 4.79 Å². The lowest BCUT2D eigenvalue weighted by Gasteiger charge is -2.34. The van der Waals surface area contributed by atoms with E-state index in [9.17, 15) is 4.79 Å². The molecular formula is C14H16BrCl2NO. The predicted octanol–water partition coefficient (Wildman–Crippen LogP) is 4.17. The summed E-state index contributed by atoms with van der Waals surface area (Å²) in [5, 5.41) is 1.02. The Morgan fingerprint density at radius 3 is 2.79 bits per heavy atom. The topological polar surface area (TPSA) is 20.3 Å². The molecule has 0 aliphatic carbocycles. The van der Waals surface area contributed by atoms with Crippen molar-refractivity contribution in [2.24, 2.45) is 5.92 Å². The highest BCUT2D eigenvalue weighted by Crippen LogP contribution is 2.25. The number of rotatable bonds is 2. The van der Waals surface area contributed by atoms with Gasteiger partial charge in [0.15, 0.2) is 0 Å². The van der Waals surface area contributed by atoms with Crippen LogP contribution in [0.15, 0.2) is 18.2 Å². The second-order valence-corrected chi connectivity index (χ2v) is 7.04. The van der Waals surface area contributed by atoms with Crippen LogP contribution in [0.4, 0.5) is 0 Å². The van der Waals surface area contributed by atoms with Crippen molar-refractivity contribution in [1.29, 1.82) is 0 Å². The molecule has 2 unspecified atom stereocenters. The van der Waals surface area contributed by atoms with Crippen LogP contribution in [0.1, 0.15) is 18.9 Å². The molecule has 5 heteroatoms. The molecule has 0 spiro atoms. The van der Waals surface area contributed by atoms with Gasteiger partial charge in [0.2, 0.25) is 5.91 Å². The second kappa shape index (κ2) is 6.47. The van der Waals surface area contributed by atoms with Gasteiger partial charge in [0, 0.05) is 17.9 Å². The molecule has 1 fully saturated rings. The quantitative estimate of drug-likeness (QED) is 0.721. The zero-order chi connectivity index (χ0) is 14.0. The van der Waals surface area contributed by atoms with Crippen molar-refractivity contribution in [3.8, 4) is 0 Å². The van der Waals surface area contributed by atoms with Gasteiger partial charge in [0.1, 0.15) is 0 Å². The standard InChI is InChI=1S/C14H16BrCl2NO/c1-9-4-5-18(8-11(9)15)14(19)7-10-2-3-12(16)13(17)6-10/h2-3,6,9,11H,4-5,7-8H2,1H3. The number of amides is 1. The molecule has 0 saturated carbocycles. The lowest BCUT2D eigenvalue weighted by molar-refractivity contribution is -0.131. The van der Waals surface area contributed by atoms with Gasteiger partial charge in [-0.2, -0.15) is 0 Å². The van der Waals surface area contributed by atoms with Crippen molar-refractivity contribution in [1.82, 2.24) is 4.90 Å². The van der Waals surface area contributed by atoms with Crippen molar-refractivity contribution >= 4 is 45.0 Å². The number of alkyl halides is 1. The summed E-state index contributed by atoms with van der Waals surface area (Å²) in [7, 11) is 0. The Morgan fingerprint density at radius 1 is 1.42 bits per heavy atom. The van der Waals surface area contributed by atoms with Crippen LogP contribution in [0.25, 0.3) is 0 Å². The fraction of sp³-hybridized carbons (Fsp3) is 0.500. The second-order valence-electron chi connectivity index (χ2n) is 5.05. The maximum atomic E-state index is 12.2. The van der Waals surface area contributed by atoms with E-state index in [1.54, 1.807) is 12.1 Å². The maximum absolute atomic E-state index is 12.2. The Hall–Kier alpha value is -0.250. The number of carbonyl (C=O) groups excluding carboxylic acids is 1. The first-order valence-electron chi connectivity index (χ1n) is 6.33. The van der Waals surface area contributed by atoms with Crippen LogP contribution < -0.4 is 0 Å². The lowest BCUT2D eigenvalue weighted by Crippen LogP contribution is -2.44. The third-order valence-electron chi connectivity index (χ3n) is 3.56. The van der Waals surface area contributed by atoms with Crippen LogP contribution in [0.5, 0.6) is 0 Å². The van der Waals surface area contributed by atoms with Crippen LogP contribution in [0.2, 0.25) is 10.0 Å². The van der Waals surface area contributed by atoms with E-state index >= 15 is 0 Å². The van der Waals surface area contributed by atoms with E-state index < -0.39 is 0 Å². The molecule has 1 aliphatic heterocycles. The first-order chi connectivity index (χ1) is 8.97. The number of halogens is 3. The first-order valence-corrected chi connectivity index (χ1v) is 8.00. The van der Waals surface area contributed by atoms with E-state index in [0.29, 0.717) is 27.2 Å². The SMILES string of the molecule is CC1CCN(C(=O)Cc2ccc(Cl)c(Cl)c2)CC1Br. The molecule has 0 N–H and O–H groups in total. The lowest BCUT2D eigenvalue weighted by atomic mass is 9.98. The molecule has 2 atom stereocenters. The highest BCUT2D eigenvalue weighted by atomic mass is 79.9. The van der Waals surface area contributed by atoms with Crippen molar-refractivity contribution in [3.05, 3.63) is 33.8 Å². The molecular weight excluding hydrogens is 349 g/mol. The maximum Gasteiger partial charge on any atom is 0.227 e. The van der Waals surface area contributed by atoms with Crippen molar-refractivity contribution in [2.75, 3.05) is 13.1 Å². The minimum atomic E-state index is 0.148. The Labute approximate surface area is 132 Å². The van der Waals surface area contributed by atoms with E-state index in [1.165, 1.54) is 0 Å². The predicted molar refractivity (Wildman–Crippen MR) is 83.2 cm³/mol. The van der Waals surface area contributed by atoms with Gasteiger partial charge in [0.05, 0.1) is 16.5 Å². The monoisotopic (exact) mass is 363 g/mol. The molecule has 0 aromatic heterocycles. The number of carbonyl (C=O) groups is 1. The summed E-state index contributed by atoms with van der Waals surface area (Å²) in [4.78, 5) is 14.6. The molecule has 19 heavy (non-hydrogen) atoms. The fourth-order valence-corrected chi connectivity index (χ4v) is 3.12. The molecule has 0 radical (unpaired) electrons. The van der Waals surface area contributed by atoms with Gasteiger partial charge in [0.25, 0.3) is 0 Å². The average molecular weight is 365 g/mol. The molecule has 1 aromatic carbocycles. The molecule has 2 nitrogen and oxygen atoms in total. The number of hydrogen-bond acceptors (Lipinski definition) is 1. The van der Waals surface area contributed by atoms with E-state index in [2.05, 4.69) is 22.9 Å². The summed E-state index contributed by atoms with van der Waals surface area (Å²) in [5.74, 6) is 0.767. The smallest absolute Gasteiger partial charge is 0.227 e. The van der Waals surface area contributed by atoms with E-state index in [-0.39, 0.29) is 5.91 Å². The normalized spacial score (nSPS) is 23.5. The Bertz CT molecular complexity index is 481. The summed E-state index contributed by atoms with van der Waals surface area (Å²) < 4.78 is 0. The third kappa shape index (κ3) is 3.87. The van der Waals surface area contributed by atoms with E-state index in [0.717, 1.165) is 25.1 Å². The van der Waals surface area contributed by atoms with Gasteiger partial charge >= 0.3 is 0 Å². The van der Waals surface area contributed by atoms with Crippen molar-refractivity contribution in [3.63, 3.8) is 0 Å². The number of likely N-dealkylation sites (tertiary alicyclic amines) is 1. The molecule has 0 bridgehead atoms. The molecule has 1 heterocycles. The van der Waals surface area contributed by atoms with E-state index in [1.807, 2.05) is 11.0 Å². The number of benzene rings is 1. The minimum absolute atomic E-state index is 0.148. The zero-order valence-corrected chi connectivity index (χ0v) is 13.8. The average Bonchev–Trinajstić information content (AvgIpc) is 2.37. The molecule has 1 amide bonds. The van der Waals surface area contributed by atoms with Crippen molar-refractivity contribution < 1.29 is 4.79 Å². The highest BCUT2D eigenvalue weighted by Gasteiger charge is 2.26. The minimum Gasteiger partial charge on any atom is -0.341 e. The molecule has 1 aliphatic rings. The summed E-state index contributed by atoms with van der Waals surface area (Å²) in [6, 6.07) is 5.35. The number of nitrogens with zero attached hydrogens (tertiary/aromatic N) is 1. The van der Waals surface area contributed by atoms with Crippen LogP contribution >= 0.6 is 39.1 Å². The van der Waals surface area contributed by atoms with Gasteiger partial charge < -0.3 is 4.90 Å². The number of hydrogen-bond donors (Lipinski definition) is 0. The van der Waals surface area contributed by atoms with Gasteiger partial charge in [-0.05, 0) is 30.0 Å². The van der Waals surface area contributed by atoms with Crippen LogP contribution in [-0.2, 0) is 11.2 Å². The van der Waals surface area contributed by atoms with Gasteiger partial charge in [-0.15, -0.1) is 0 Å². The Kier molecular flexibility index (Phi) is 5.15. The van der Waals surface area contributed by atoms with Gasteiger partial charge in [-0.1, -0.05) is 52.1 Å². The third-order valence-corrected chi connectivity index (χ3v) is 5.49. The Morgan fingerprint density at radius 2 is 2.16 bits per heavy atom. The van der Waals surface area contributed by atoms with Crippen molar-refractivity contribution in [2.45, 2.75) is 24.6 Å². The summed E-state index contributed by atoms with van der Waals surface area (Å²) >= 11 is 15.5. The molecule has 1 saturated heterocycles. The summed E-state index contributed by atoms with van der Waals surface area (Å²) in [6.07, 6.45) is 1.42. The summed E-state index contributed by atoms with van der Waals surface area (Å²) in [5.41, 5.74) is 0.907. The zero-order valence-electron chi connectivity index (χ0n) is 10.7.